The van der Waals surface area contributed by atoms with Crippen molar-refractivity contribution in [2.45, 2.75) is 33.2 Å². The van der Waals surface area contributed by atoms with Gasteiger partial charge in [-0.1, -0.05) is 43.3 Å². The summed E-state index contributed by atoms with van der Waals surface area (Å²) < 4.78 is 32.7. The first-order valence-electron chi connectivity index (χ1n) is 10.5. The summed E-state index contributed by atoms with van der Waals surface area (Å²) in [6.07, 6.45) is 0.817. The van der Waals surface area contributed by atoms with Crippen LogP contribution in [0.4, 0.5) is 13.6 Å². The van der Waals surface area contributed by atoms with E-state index in [0.717, 1.165) is 6.42 Å². The first-order valence-corrected chi connectivity index (χ1v) is 10.5. The molecular weight excluding hydrogens is 414 g/mol. The third-order valence-corrected chi connectivity index (χ3v) is 5.47. The molecule has 1 aliphatic rings. The number of carbonyl (C=O) groups is 1. The van der Waals surface area contributed by atoms with Crippen LogP contribution in [0.5, 0.6) is 0 Å². The molecule has 3 aromatic rings. The van der Waals surface area contributed by atoms with E-state index in [9.17, 15) is 13.6 Å². The van der Waals surface area contributed by atoms with Gasteiger partial charge in [-0.3, -0.25) is 4.90 Å². The number of aromatic nitrogens is 2. The maximum atomic E-state index is 13.7. The molecule has 0 bridgehead atoms. The maximum Gasteiger partial charge on any atom is 0.322 e. The zero-order valence-electron chi connectivity index (χ0n) is 18.1. The highest BCUT2D eigenvalue weighted by molar-refractivity contribution is 5.86. The average Bonchev–Trinajstić information content (AvgIpc) is 3.23. The standard InChI is InChI=1S/C24H24F2N4O2/c1-14(2)11-12-30-15(3)20(21(27-24(30)31)16-7-9-18(25)10-8-16)23-28-22(29-32-23)17-5-4-6-19(26)13-17/h4-10,13-14,21H,11-12H2,1-3H3,(H,27,31). The van der Waals surface area contributed by atoms with Crippen LogP contribution in [0.2, 0.25) is 0 Å². The summed E-state index contributed by atoms with van der Waals surface area (Å²) in [4.78, 5) is 19.1. The molecule has 6 nitrogen and oxygen atoms in total. The van der Waals surface area contributed by atoms with E-state index in [0.29, 0.717) is 34.9 Å². The third-order valence-electron chi connectivity index (χ3n) is 5.47. The van der Waals surface area contributed by atoms with Crippen molar-refractivity contribution in [3.63, 3.8) is 0 Å². The minimum atomic E-state index is -0.598. The molecule has 0 fully saturated rings. The topological polar surface area (TPSA) is 71.3 Å². The summed E-state index contributed by atoms with van der Waals surface area (Å²) in [5.74, 6) is 0.0897. The Morgan fingerprint density at radius 2 is 1.88 bits per heavy atom. The zero-order valence-corrected chi connectivity index (χ0v) is 18.1. The summed E-state index contributed by atoms with van der Waals surface area (Å²) in [5, 5.41) is 7.00. The van der Waals surface area contributed by atoms with E-state index in [1.807, 2.05) is 6.92 Å². The van der Waals surface area contributed by atoms with Gasteiger partial charge in [0, 0.05) is 17.8 Å². The van der Waals surface area contributed by atoms with Crippen molar-refractivity contribution in [2.24, 2.45) is 5.92 Å². The van der Waals surface area contributed by atoms with Gasteiger partial charge in [-0.15, -0.1) is 0 Å². The molecule has 32 heavy (non-hydrogen) atoms. The van der Waals surface area contributed by atoms with Gasteiger partial charge < -0.3 is 9.84 Å². The molecule has 1 atom stereocenters. The first kappa shape index (κ1) is 21.7. The van der Waals surface area contributed by atoms with Crippen LogP contribution in [0.25, 0.3) is 17.0 Å². The Balaban J connectivity index is 1.79. The molecule has 0 saturated carbocycles. The number of carbonyl (C=O) groups excluding carboxylic acids is 1. The lowest BCUT2D eigenvalue weighted by atomic mass is 9.94. The molecule has 0 saturated heterocycles. The second kappa shape index (κ2) is 8.90. The van der Waals surface area contributed by atoms with Crippen LogP contribution in [0.3, 0.4) is 0 Å². The molecule has 2 heterocycles. The van der Waals surface area contributed by atoms with E-state index < -0.39 is 11.9 Å². The van der Waals surface area contributed by atoms with Gasteiger partial charge in [0.25, 0.3) is 5.89 Å². The summed E-state index contributed by atoms with van der Waals surface area (Å²) in [6.45, 7) is 6.54. The van der Waals surface area contributed by atoms with E-state index in [1.165, 1.54) is 24.3 Å². The SMILES string of the molecule is CC1=C(c2nc(-c3cccc(F)c3)no2)C(c2ccc(F)cc2)NC(=O)N1CCC(C)C. The molecule has 0 radical (unpaired) electrons. The van der Waals surface area contributed by atoms with Crippen molar-refractivity contribution in [1.82, 2.24) is 20.4 Å². The maximum absolute atomic E-state index is 13.7. The minimum absolute atomic E-state index is 0.214. The molecule has 1 unspecified atom stereocenters. The average molecular weight is 438 g/mol. The largest absolute Gasteiger partial charge is 0.334 e. The van der Waals surface area contributed by atoms with Gasteiger partial charge in [-0.2, -0.15) is 4.98 Å². The smallest absolute Gasteiger partial charge is 0.322 e. The molecular formula is C24H24F2N4O2. The van der Waals surface area contributed by atoms with Crippen LogP contribution in [-0.2, 0) is 0 Å². The van der Waals surface area contributed by atoms with Crippen molar-refractivity contribution in [3.05, 3.63) is 77.3 Å². The van der Waals surface area contributed by atoms with Crippen molar-refractivity contribution >= 4 is 11.6 Å². The van der Waals surface area contributed by atoms with Crippen LogP contribution >= 0.6 is 0 Å². The predicted octanol–water partition coefficient (Wildman–Crippen LogP) is 5.56. The Morgan fingerprint density at radius 3 is 2.56 bits per heavy atom. The van der Waals surface area contributed by atoms with Gasteiger partial charge in [-0.25, -0.2) is 13.6 Å². The van der Waals surface area contributed by atoms with Crippen molar-refractivity contribution in [1.29, 1.82) is 0 Å². The van der Waals surface area contributed by atoms with Crippen LogP contribution < -0.4 is 5.32 Å². The Kier molecular flexibility index (Phi) is 6.03. The number of urea groups is 1. The van der Waals surface area contributed by atoms with E-state index in [-0.39, 0.29) is 23.6 Å². The summed E-state index contributed by atoms with van der Waals surface area (Å²) in [6, 6.07) is 11.0. The number of amides is 2. The number of nitrogens with one attached hydrogen (secondary N) is 1. The van der Waals surface area contributed by atoms with Crippen molar-refractivity contribution in [2.75, 3.05) is 6.54 Å². The quantitative estimate of drug-likeness (QED) is 0.547. The fourth-order valence-corrected chi connectivity index (χ4v) is 3.70. The van der Waals surface area contributed by atoms with Gasteiger partial charge in [0.2, 0.25) is 5.82 Å². The summed E-state index contributed by atoms with van der Waals surface area (Å²) >= 11 is 0. The summed E-state index contributed by atoms with van der Waals surface area (Å²) in [5.41, 5.74) is 2.46. The van der Waals surface area contributed by atoms with Crippen molar-refractivity contribution in [3.8, 4) is 11.4 Å². The number of rotatable bonds is 6. The molecule has 1 aliphatic heterocycles. The van der Waals surface area contributed by atoms with Gasteiger partial charge in [-0.05, 0) is 49.1 Å². The Morgan fingerprint density at radius 1 is 1.12 bits per heavy atom. The van der Waals surface area contributed by atoms with Gasteiger partial charge in [0.15, 0.2) is 0 Å². The second-order valence-corrected chi connectivity index (χ2v) is 8.20. The molecule has 166 valence electrons. The minimum Gasteiger partial charge on any atom is -0.334 e. The number of halogens is 2. The summed E-state index contributed by atoms with van der Waals surface area (Å²) in [7, 11) is 0. The molecule has 1 aromatic heterocycles. The first-order chi connectivity index (χ1) is 15.3. The van der Waals surface area contributed by atoms with Crippen LogP contribution in [-0.4, -0.2) is 27.6 Å². The second-order valence-electron chi connectivity index (χ2n) is 8.20. The number of hydrogen-bond donors (Lipinski definition) is 1. The Labute approximate surface area is 184 Å². The number of benzene rings is 2. The molecule has 2 amide bonds. The highest BCUT2D eigenvalue weighted by Crippen LogP contribution is 2.37. The lowest BCUT2D eigenvalue weighted by Crippen LogP contribution is -2.46. The van der Waals surface area contributed by atoms with E-state index in [1.54, 1.807) is 29.2 Å². The van der Waals surface area contributed by atoms with Crippen LogP contribution in [0.15, 0.2) is 58.8 Å². The Hall–Kier alpha value is -3.55. The highest BCUT2D eigenvalue weighted by atomic mass is 19.1. The Bertz CT molecular complexity index is 1150. The van der Waals surface area contributed by atoms with Gasteiger partial charge in [0.05, 0.1) is 11.6 Å². The van der Waals surface area contributed by atoms with E-state index in [2.05, 4.69) is 29.3 Å². The predicted molar refractivity (Wildman–Crippen MR) is 116 cm³/mol. The third kappa shape index (κ3) is 4.39. The highest BCUT2D eigenvalue weighted by Gasteiger charge is 2.35. The molecule has 1 N–H and O–H groups in total. The molecule has 2 aromatic carbocycles. The normalized spacial score (nSPS) is 16.6. The van der Waals surface area contributed by atoms with Crippen molar-refractivity contribution < 1.29 is 18.1 Å². The van der Waals surface area contributed by atoms with Gasteiger partial charge in [0.1, 0.15) is 11.6 Å². The lowest BCUT2D eigenvalue weighted by molar-refractivity contribution is 0.202. The monoisotopic (exact) mass is 438 g/mol. The number of nitrogens with zero attached hydrogens (tertiary/aromatic N) is 3. The molecule has 4 rings (SSSR count). The number of allylic oxidation sites excluding steroid dienone is 1. The van der Waals surface area contributed by atoms with E-state index in [4.69, 9.17) is 4.52 Å². The van der Waals surface area contributed by atoms with Crippen LogP contribution in [0.1, 0.15) is 44.7 Å². The van der Waals surface area contributed by atoms with Gasteiger partial charge >= 0.3 is 6.03 Å². The molecule has 0 spiro atoms. The van der Waals surface area contributed by atoms with Crippen LogP contribution in [0, 0.1) is 17.6 Å². The fraction of sp³-hybridized carbons (Fsp3) is 0.292. The zero-order chi connectivity index (χ0) is 22.8. The molecule has 8 heteroatoms. The van der Waals surface area contributed by atoms with E-state index >= 15 is 0 Å². The number of hydrogen-bond acceptors (Lipinski definition) is 4. The molecule has 0 aliphatic carbocycles. The fourth-order valence-electron chi connectivity index (χ4n) is 3.70. The lowest BCUT2D eigenvalue weighted by Gasteiger charge is -2.35.